The third kappa shape index (κ3) is 8.34. The van der Waals surface area contributed by atoms with E-state index in [1.165, 1.54) is 30.3 Å². The summed E-state index contributed by atoms with van der Waals surface area (Å²) in [5.74, 6) is -2.33. The summed E-state index contributed by atoms with van der Waals surface area (Å²) < 4.78 is 9.86. The molecule has 0 aliphatic heterocycles. The number of rotatable bonds is 11. The molecule has 0 unspecified atom stereocenters. The Hall–Kier alpha value is -4.28. The van der Waals surface area contributed by atoms with Crippen LogP contribution in [0.15, 0.2) is 42.5 Å². The molecular formula is C23H25N3O8. The lowest BCUT2D eigenvalue weighted by Gasteiger charge is -2.08. The number of nitrogens with zero attached hydrogens (tertiary/aromatic N) is 1. The molecule has 0 radical (unpaired) electrons. The van der Waals surface area contributed by atoms with Crippen molar-refractivity contribution in [2.45, 2.75) is 33.1 Å². The van der Waals surface area contributed by atoms with Crippen molar-refractivity contribution in [1.29, 1.82) is 0 Å². The Morgan fingerprint density at radius 1 is 0.912 bits per heavy atom. The number of nitro benzene ring substituents is 1. The molecule has 2 aromatic carbocycles. The van der Waals surface area contributed by atoms with Crippen LogP contribution in [0.25, 0.3) is 0 Å². The van der Waals surface area contributed by atoms with Crippen LogP contribution >= 0.6 is 0 Å². The second kappa shape index (κ2) is 12.7. The van der Waals surface area contributed by atoms with Crippen LogP contribution in [0.5, 0.6) is 0 Å². The number of esters is 2. The summed E-state index contributed by atoms with van der Waals surface area (Å²) in [4.78, 5) is 57.9. The van der Waals surface area contributed by atoms with E-state index in [0.29, 0.717) is 29.8 Å². The number of carbonyl (C=O) groups excluding carboxylic acids is 4. The molecule has 0 aromatic heterocycles. The van der Waals surface area contributed by atoms with Crippen LogP contribution in [0.1, 0.15) is 42.1 Å². The number of ether oxygens (including phenoxy) is 2. The van der Waals surface area contributed by atoms with Gasteiger partial charge in [0.2, 0.25) is 5.91 Å². The fourth-order valence-corrected chi connectivity index (χ4v) is 2.71. The average molecular weight is 471 g/mol. The van der Waals surface area contributed by atoms with Crippen LogP contribution in [-0.2, 0) is 23.9 Å². The fraction of sp³-hybridized carbons (Fsp3) is 0.304. The second-order valence-corrected chi connectivity index (χ2v) is 7.23. The van der Waals surface area contributed by atoms with E-state index in [2.05, 4.69) is 10.6 Å². The van der Waals surface area contributed by atoms with Gasteiger partial charge in [0.1, 0.15) is 0 Å². The lowest BCUT2D eigenvalue weighted by molar-refractivity contribution is -0.385. The maximum Gasteiger partial charge on any atom is 0.338 e. The molecule has 2 amide bonds. The number of carbonyl (C=O) groups is 4. The van der Waals surface area contributed by atoms with Crippen molar-refractivity contribution in [1.82, 2.24) is 0 Å². The molecule has 0 saturated carbocycles. The molecule has 0 aliphatic rings. The van der Waals surface area contributed by atoms with E-state index in [-0.39, 0.29) is 24.2 Å². The maximum atomic E-state index is 12.0. The van der Waals surface area contributed by atoms with Crippen LogP contribution in [0.3, 0.4) is 0 Å². The minimum absolute atomic E-state index is 0.146. The van der Waals surface area contributed by atoms with E-state index in [4.69, 9.17) is 9.47 Å². The highest BCUT2D eigenvalue weighted by molar-refractivity contribution is 5.95. The molecule has 0 saturated heterocycles. The van der Waals surface area contributed by atoms with E-state index >= 15 is 0 Å². The molecule has 34 heavy (non-hydrogen) atoms. The number of nitro groups is 1. The molecule has 2 rings (SSSR count). The molecular weight excluding hydrogens is 446 g/mol. The van der Waals surface area contributed by atoms with Crippen LogP contribution in [0.2, 0.25) is 0 Å². The number of aryl methyl sites for hydroxylation is 1. The lowest BCUT2D eigenvalue weighted by Crippen LogP contribution is -2.22. The normalized spacial score (nSPS) is 10.2. The van der Waals surface area contributed by atoms with Crippen molar-refractivity contribution in [3.63, 3.8) is 0 Å². The molecule has 180 valence electrons. The summed E-state index contributed by atoms with van der Waals surface area (Å²) in [6, 6.07) is 10.3. The van der Waals surface area contributed by atoms with Crippen molar-refractivity contribution >= 4 is 40.8 Å². The molecule has 2 N–H and O–H groups in total. The highest BCUT2D eigenvalue weighted by atomic mass is 16.6. The lowest BCUT2D eigenvalue weighted by atomic mass is 10.2. The number of hydrogen-bond donors (Lipinski definition) is 2. The Bertz CT molecular complexity index is 1070. The molecule has 0 bridgehead atoms. The van der Waals surface area contributed by atoms with Gasteiger partial charge in [0, 0.05) is 29.4 Å². The van der Waals surface area contributed by atoms with Gasteiger partial charge >= 0.3 is 11.9 Å². The van der Waals surface area contributed by atoms with Gasteiger partial charge in [-0.25, -0.2) is 4.79 Å². The summed E-state index contributed by atoms with van der Waals surface area (Å²) in [6.45, 7) is 3.18. The van der Waals surface area contributed by atoms with Gasteiger partial charge in [0.05, 0.1) is 23.5 Å². The first kappa shape index (κ1) is 26.0. The molecule has 0 atom stereocenters. The first-order valence-electron chi connectivity index (χ1n) is 10.5. The van der Waals surface area contributed by atoms with Crippen molar-refractivity contribution in [2.75, 3.05) is 23.8 Å². The SMILES string of the molecule is CCCOC(=O)c1ccc(NC(=O)CCC(=O)OCC(=O)Nc2ccc(C)c([N+](=O)[O-])c2)cc1. The van der Waals surface area contributed by atoms with Gasteiger partial charge in [0.25, 0.3) is 11.6 Å². The van der Waals surface area contributed by atoms with Crippen molar-refractivity contribution in [3.8, 4) is 0 Å². The first-order chi connectivity index (χ1) is 16.2. The van der Waals surface area contributed by atoms with Gasteiger partial charge in [-0.3, -0.25) is 24.5 Å². The summed E-state index contributed by atoms with van der Waals surface area (Å²) in [5, 5.41) is 16.0. The number of nitrogens with one attached hydrogen (secondary N) is 2. The monoisotopic (exact) mass is 471 g/mol. The summed E-state index contributed by atoms with van der Waals surface area (Å²) >= 11 is 0. The van der Waals surface area contributed by atoms with E-state index in [1.807, 2.05) is 6.92 Å². The maximum absolute atomic E-state index is 12.0. The fourth-order valence-electron chi connectivity index (χ4n) is 2.71. The van der Waals surface area contributed by atoms with Crippen LogP contribution in [0, 0.1) is 17.0 Å². The van der Waals surface area contributed by atoms with Gasteiger partial charge in [-0.2, -0.15) is 0 Å². The highest BCUT2D eigenvalue weighted by Crippen LogP contribution is 2.22. The molecule has 0 spiro atoms. The third-order valence-corrected chi connectivity index (χ3v) is 4.45. The second-order valence-electron chi connectivity index (χ2n) is 7.23. The van der Waals surface area contributed by atoms with Crippen LogP contribution in [0.4, 0.5) is 17.1 Å². The van der Waals surface area contributed by atoms with E-state index in [1.54, 1.807) is 19.1 Å². The van der Waals surface area contributed by atoms with Crippen LogP contribution < -0.4 is 10.6 Å². The van der Waals surface area contributed by atoms with Gasteiger partial charge < -0.3 is 20.1 Å². The van der Waals surface area contributed by atoms with Gasteiger partial charge in [-0.1, -0.05) is 13.0 Å². The van der Waals surface area contributed by atoms with E-state index in [0.717, 1.165) is 0 Å². The minimum atomic E-state index is -0.755. The number of amides is 2. The smallest absolute Gasteiger partial charge is 0.338 e. The summed E-state index contributed by atoms with van der Waals surface area (Å²) in [5.41, 5.74) is 1.29. The number of hydrogen-bond acceptors (Lipinski definition) is 8. The quantitative estimate of drug-likeness (QED) is 0.287. The Balaban J connectivity index is 1.73. The van der Waals surface area contributed by atoms with Crippen molar-refractivity contribution in [3.05, 3.63) is 63.7 Å². The van der Waals surface area contributed by atoms with Gasteiger partial charge in [0.15, 0.2) is 6.61 Å². The zero-order valence-electron chi connectivity index (χ0n) is 18.8. The van der Waals surface area contributed by atoms with E-state index < -0.39 is 35.3 Å². The Morgan fingerprint density at radius 3 is 2.21 bits per heavy atom. The minimum Gasteiger partial charge on any atom is -0.462 e. The standard InChI is InChI=1S/C23H25N3O8/c1-3-12-33-23(30)16-5-8-17(9-6-16)24-20(27)10-11-22(29)34-14-21(28)25-18-7-4-15(2)19(13-18)26(31)32/h4-9,13H,3,10-12,14H2,1-2H3,(H,24,27)(H,25,28). The largest absolute Gasteiger partial charge is 0.462 e. The highest BCUT2D eigenvalue weighted by Gasteiger charge is 2.14. The third-order valence-electron chi connectivity index (χ3n) is 4.45. The predicted octanol–water partition coefficient (Wildman–Crippen LogP) is 3.37. The summed E-state index contributed by atoms with van der Waals surface area (Å²) in [6.07, 6.45) is 0.284. The van der Waals surface area contributed by atoms with E-state index in [9.17, 15) is 29.3 Å². The molecule has 11 nitrogen and oxygen atoms in total. The van der Waals surface area contributed by atoms with Crippen molar-refractivity contribution < 1.29 is 33.6 Å². The number of benzene rings is 2. The topological polar surface area (TPSA) is 154 Å². The summed E-state index contributed by atoms with van der Waals surface area (Å²) in [7, 11) is 0. The molecule has 11 heteroatoms. The first-order valence-corrected chi connectivity index (χ1v) is 10.5. The Kier molecular flexibility index (Phi) is 9.69. The Morgan fingerprint density at radius 2 is 1.56 bits per heavy atom. The Labute approximate surface area is 195 Å². The van der Waals surface area contributed by atoms with Crippen molar-refractivity contribution in [2.24, 2.45) is 0 Å². The van der Waals surface area contributed by atoms with Gasteiger partial charge in [-0.15, -0.1) is 0 Å². The van der Waals surface area contributed by atoms with Crippen LogP contribution in [-0.4, -0.2) is 41.9 Å². The molecule has 0 heterocycles. The number of anilines is 2. The molecule has 0 aliphatic carbocycles. The molecule has 2 aromatic rings. The average Bonchev–Trinajstić information content (AvgIpc) is 2.81. The predicted molar refractivity (Wildman–Crippen MR) is 122 cm³/mol. The zero-order valence-corrected chi connectivity index (χ0v) is 18.8. The molecule has 0 fully saturated rings. The van der Waals surface area contributed by atoms with Gasteiger partial charge in [-0.05, 0) is 43.7 Å². The zero-order chi connectivity index (χ0) is 25.1.